The van der Waals surface area contributed by atoms with Crippen molar-refractivity contribution in [2.24, 2.45) is 0 Å². The van der Waals surface area contributed by atoms with E-state index in [0.717, 1.165) is 34.4 Å². The van der Waals surface area contributed by atoms with E-state index in [4.69, 9.17) is 16.3 Å². The Balaban J connectivity index is 1.95. The van der Waals surface area contributed by atoms with Gasteiger partial charge >= 0.3 is 0 Å². The van der Waals surface area contributed by atoms with Crippen molar-refractivity contribution in [3.63, 3.8) is 0 Å². The van der Waals surface area contributed by atoms with E-state index in [2.05, 4.69) is 0 Å². The third-order valence-electron chi connectivity index (χ3n) is 3.82. The van der Waals surface area contributed by atoms with Crippen molar-refractivity contribution in [3.05, 3.63) is 63.7 Å². The first-order chi connectivity index (χ1) is 10.6. The van der Waals surface area contributed by atoms with Gasteiger partial charge in [-0.2, -0.15) is 0 Å². The number of carbonyl (C=O) groups excluding carboxylic acids is 1. The number of fused-ring (bicyclic) bond motifs is 1. The lowest BCUT2D eigenvalue weighted by atomic mass is 9.86. The van der Waals surface area contributed by atoms with Crippen molar-refractivity contribution in [3.8, 4) is 11.5 Å². The lowest BCUT2D eigenvalue weighted by Crippen LogP contribution is -2.14. The smallest absolute Gasteiger partial charge is 0.189 e. The summed E-state index contributed by atoms with van der Waals surface area (Å²) in [5, 5.41) is 9.73. The predicted molar refractivity (Wildman–Crippen MR) is 86.7 cm³/mol. The lowest BCUT2D eigenvalue weighted by molar-refractivity contribution is 0.102. The topological polar surface area (TPSA) is 46.5 Å². The molecule has 4 heteroatoms. The number of ketones is 1. The number of carbonyl (C=O) groups is 1. The van der Waals surface area contributed by atoms with Crippen LogP contribution in [0.2, 0.25) is 5.02 Å². The van der Waals surface area contributed by atoms with Gasteiger partial charge in [-0.3, -0.25) is 4.79 Å². The van der Waals surface area contributed by atoms with Crippen molar-refractivity contribution in [1.29, 1.82) is 0 Å². The van der Waals surface area contributed by atoms with Gasteiger partial charge in [0.05, 0.1) is 12.1 Å². The molecule has 0 aliphatic heterocycles. The SMILES string of the molecule is COc1ccc2c(c1)CC/C(=C\c1ccc(O)c(Cl)c1)C2=O. The van der Waals surface area contributed by atoms with Crippen LogP contribution in [0.25, 0.3) is 6.08 Å². The van der Waals surface area contributed by atoms with Crippen molar-refractivity contribution in [2.75, 3.05) is 7.11 Å². The van der Waals surface area contributed by atoms with E-state index in [1.807, 2.05) is 18.2 Å². The van der Waals surface area contributed by atoms with Crippen molar-refractivity contribution in [1.82, 2.24) is 0 Å². The Labute approximate surface area is 133 Å². The number of hydrogen-bond donors (Lipinski definition) is 1. The number of benzene rings is 2. The first-order valence-electron chi connectivity index (χ1n) is 6.99. The number of rotatable bonds is 2. The summed E-state index contributed by atoms with van der Waals surface area (Å²) in [7, 11) is 1.62. The van der Waals surface area contributed by atoms with E-state index in [0.29, 0.717) is 6.42 Å². The molecule has 1 aliphatic carbocycles. The van der Waals surface area contributed by atoms with Crippen LogP contribution in [-0.2, 0) is 6.42 Å². The van der Waals surface area contributed by atoms with Gasteiger partial charge in [-0.05, 0) is 60.4 Å². The van der Waals surface area contributed by atoms with Crippen LogP contribution >= 0.6 is 11.6 Å². The highest BCUT2D eigenvalue weighted by Crippen LogP contribution is 2.30. The molecule has 112 valence electrons. The van der Waals surface area contributed by atoms with Crippen LogP contribution in [0, 0.1) is 0 Å². The Morgan fingerprint density at radius 3 is 2.73 bits per heavy atom. The van der Waals surface area contributed by atoms with Crippen LogP contribution in [-0.4, -0.2) is 18.0 Å². The van der Waals surface area contributed by atoms with E-state index in [1.54, 1.807) is 25.3 Å². The minimum Gasteiger partial charge on any atom is -0.506 e. The number of aryl methyl sites for hydroxylation is 1. The largest absolute Gasteiger partial charge is 0.506 e. The predicted octanol–water partition coefficient (Wildman–Crippen LogP) is 4.27. The van der Waals surface area contributed by atoms with Crippen LogP contribution < -0.4 is 4.74 Å². The molecule has 0 spiro atoms. The molecule has 0 amide bonds. The summed E-state index contributed by atoms with van der Waals surface area (Å²) in [4.78, 5) is 12.6. The minimum atomic E-state index is 0.0353. The molecule has 0 fully saturated rings. The molecule has 0 atom stereocenters. The quantitative estimate of drug-likeness (QED) is 0.842. The molecule has 0 saturated carbocycles. The zero-order chi connectivity index (χ0) is 15.7. The Kier molecular flexibility index (Phi) is 3.90. The average Bonchev–Trinajstić information content (AvgIpc) is 2.53. The van der Waals surface area contributed by atoms with Gasteiger partial charge in [0.2, 0.25) is 0 Å². The van der Waals surface area contributed by atoms with Gasteiger partial charge in [-0.15, -0.1) is 0 Å². The molecule has 1 aliphatic rings. The fraction of sp³-hybridized carbons (Fsp3) is 0.167. The summed E-state index contributed by atoms with van der Waals surface area (Å²) >= 11 is 5.90. The average molecular weight is 315 g/mol. The minimum absolute atomic E-state index is 0.0353. The summed E-state index contributed by atoms with van der Waals surface area (Å²) < 4.78 is 5.20. The van der Waals surface area contributed by atoms with E-state index < -0.39 is 0 Å². The highest BCUT2D eigenvalue weighted by molar-refractivity contribution is 6.32. The number of allylic oxidation sites excluding steroid dienone is 1. The standard InChI is InChI=1S/C18H15ClO3/c1-22-14-5-6-15-12(10-14)3-4-13(18(15)21)8-11-2-7-17(20)16(19)9-11/h2,5-10,20H,3-4H2,1H3/b13-8+. The van der Waals surface area contributed by atoms with Crippen LogP contribution in [0.3, 0.4) is 0 Å². The Hall–Kier alpha value is -2.26. The Morgan fingerprint density at radius 2 is 2.00 bits per heavy atom. The number of phenolic OH excluding ortho intramolecular Hbond substituents is 1. The molecule has 1 N–H and O–H groups in total. The Morgan fingerprint density at radius 1 is 1.18 bits per heavy atom. The second-order valence-corrected chi connectivity index (χ2v) is 5.64. The zero-order valence-corrected chi connectivity index (χ0v) is 12.9. The molecule has 22 heavy (non-hydrogen) atoms. The Bertz CT molecular complexity index is 778. The maximum absolute atomic E-state index is 12.6. The fourth-order valence-corrected chi connectivity index (χ4v) is 2.82. The van der Waals surface area contributed by atoms with E-state index in [9.17, 15) is 9.90 Å². The molecule has 0 unspecified atom stereocenters. The van der Waals surface area contributed by atoms with Crippen molar-refractivity contribution in [2.45, 2.75) is 12.8 Å². The summed E-state index contributed by atoms with van der Waals surface area (Å²) in [6.45, 7) is 0. The number of Topliss-reactive ketones (excluding diaryl/α,β-unsaturated/α-hetero) is 1. The monoisotopic (exact) mass is 314 g/mol. The summed E-state index contributed by atoms with van der Waals surface area (Å²) in [6, 6.07) is 10.5. The van der Waals surface area contributed by atoms with Gasteiger partial charge in [-0.25, -0.2) is 0 Å². The second kappa shape index (κ2) is 5.85. The first-order valence-corrected chi connectivity index (χ1v) is 7.37. The molecule has 0 bridgehead atoms. The molecular formula is C18H15ClO3. The molecular weight excluding hydrogens is 300 g/mol. The lowest BCUT2D eigenvalue weighted by Gasteiger charge is -2.18. The van der Waals surface area contributed by atoms with Gasteiger partial charge in [-0.1, -0.05) is 17.7 Å². The highest BCUT2D eigenvalue weighted by Gasteiger charge is 2.22. The van der Waals surface area contributed by atoms with Gasteiger partial charge in [0.1, 0.15) is 11.5 Å². The first kappa shape index (κ1) is 14.7. The molecule has 0 aromatic heterocycles. The molecule has 0 radical (unpaired) electrons. The number of halogens is 1. The third-order valence-corrected chi connectivity index (χ3v) is 4.13. The summed E-state index contributed by atoms with van der Waals surface area (Å²) in [6.07, 6.45) is 3.31. The second-order valence-electron chi connectivity index (χ2n) is 5.23. The number of methoxy groups -OCH3 is 1. The summed E-state index contributed by atoms with van der Waals surface area (Å²) in [5.74, 6) is 0.841. The maximum atomic E-state index is 12.6. The number of aromatic hydroxyl groups is 1. The number of hydrogen-bond acceptors (Lipinski definition) is 3. The molecule has 3 rings (SSSR count). The van der Waals surface area contributed by atoms with Crippen LogP contribution in [0.15, 0.2) is 42.0 Å². The maximum Gasteiger partial charge on any atom is 0.189 e. The van der Waals surface area contributed by atoms with Crippen LogP contribution in [0.1, 0.15) is 27.9 Å². The molecule has 0 saturated heterocycles. The van der Waals surface area contributed by atoms with Crippen molar-refractivity contribution < 1.29 is 14.6 Å². The van der Waals surface area contributed by atoms with Gasteiger partial charge in [0.15, 0.2) is 5.78 Å². The molecule has 2 aromatic rings. The van der Waals surface area contributed by atoms with Crippen LogP contribution in [0.5, 0.6) is 11.5 Å². The molecule has 0 heterocycles. The van der Waals surface area contributed by atoms with Crippen LogP contribution in [0.4, 0.5) is 0 Å². The third kappa shape index (κ3) is 2.72. The van der Waals surface area contributed by atoms with Gasteiger partial charge in [0.25, 0.3) is 0 Å². The van der Waals surface area contributed by atoms with Crippen molar-refractivity contribution >= 4 is 23.5 Å². The molecule has 3 nitrogen and oxygen atoms in total. The van der Waals surface area contributed by atoms with E-state index in [-0.39, 0.29) is 16.6 Å². The molecule has 2 aromatic carbocycles. The van der Waals surface area contributed by atoms with Gasteiger partial charge < -0.3 is 9.84 Å². The van der Waals surface area contributed by atoms with E-state index >= 15 is 0 Å². The summed E-state index contributed by atoms with van der Waals surface area (Å²) in [5.41, 5.74) is 3.30. The number of phenols is 1. The normalized spacial score (nSPS) is 15.7. The fourth-order valence-electron chi connectivity index (χ4n) is 2.63. The van der Waals surface area contributed by atoms with Gasteiger partial charge in [0, 0.05) is 11.1 Å². The van der Waals surface area contributed by atoms with E-state index in [1.165, 1.54) is 6.07 Å². The zero-order valence-electron chi connectivity index (χ0n) is 12.1. The number of ether oxygens (including phenoxy) is 1. The highest BCUT2D eigenvalue weighted by atomic mass is 35.5.